The van der Waals surface area contributed by atoms with E-state index in [1.807, 2.05) is 23.1 Å². The van der Waals surface area contributed by atoms with Gasteiger partial charge in [0, 0.05) is 13.1 Å². The van der Waals surface area contributed by atoms with Crippen LogP contribution in [0.25, 0.3) is 0 Å². The maximum absolute atomic E-state index is 13.6. The van der Waals surface area contributed by atoms with Gasteiger partial charge in [0.25, 0.3) is 0 Å². The lowest BCUT2D eigenvalue weighted by Crippen LogP contribution is -2.47. The maximum atomic E-state index is 13.6. The van der Waals surface area contributed by atoms with E-state index < -0.39 is 0 Å². The molecule has 1 unspecified atom stereocenters. The molecule has 0 fully saturated rings. The van der Waals surface area contributed by atoms with Crippen molar-refractivity contribution in [3.63, 3.8) is 0 Å². The van der Waals surface area contributed by atoms with Crippen molar-refractivity contribution < 1.29 is 18.7 Å². The van der Waals surface area contributed by atoms with Gasteiger partial charge in [-0.3, -0.25) is 9.69 Å². The van der Waals surface area contributed by atoms with Gasteiger partial charge in [-0.25, -0.2) is 4.39 Å². The molecule has 0 N–H and O–H groups in total. The largest absolute Gasteiger partial charge is 0.489 e. The fourth-order valence-electron chi connectivity index (χ4n) is 3.02. The third kappa shape index (κ3) is 3.57. The van der Waals surface area contributed by atoms with Gasteiger partial charge in [-0.1, -0.05) is 36.4 Å². The van der Waals surface area contributed by atoms with Crippen molar-refractivity contribution in [2.24, 2.45) is 0 Å². The van der Waals surface area contributed by atoms with Crippen LogP contribution in [0, 0.1) is 5.82 Å². The molecule has 1 atom stereocenters. The van der Waals surface area contributed by atoms with Crippen molar-refractivity contribution in [2.45, 2.75) is 19.0 Å². The molecule has 4 nitrogen and oxygen atoms in total. The smallest absolute Gasteiger partial charge is 0.323 e. The predicted octanol–water partition coefficient (Wildman–Crippen LogP) is 2.80. The van der Waals surface area contributed by atoms with E-state index in [0.717, 1.165) is 0 Å². The number of rotatable bonds is 5. The average molecular weight is 329 g/mol. The minimum Gasteiger partial charge on any atom is -0.489 e. The lowest BCUT2D eigenvalue weighted by Gasteiger charge is -2.34. The van der Waals surface area contributed by atoms with Crippen molar-refractivity contribution in [3.05, 3.63) is 65.5 Å². The van der Waals surface area contributed by atoms with Crippen molar-refractivity contribution >= 4 is 5.97 Å². The Balaban J connectivity index is 1.68. The monoisotopic (exact) mass is 329 g/mol. The van der Waals surface area contributed by atoms with Gasteiger partial charge in [0.15, 0.2) is 11.6 Å². The van der Waals surface area contributed by atoms with Gasteiger partial charge in [0.1, 0.15) is 12.6 Å². The summed E-state index contributed by atoms with van der Waals surface area (Å²) in [6.07, 6.45) is 0.614. The van der Waals surface area contributed by atoms with Gasteiger partial charge >= 0.3 is 5.97 Å². The minimum atomic E-state index is -0.383. The number of ether oxygens (including phenoxy) is 2. The predicted molar refractivity (Wildman–Crippen MR) is 88.3 cm³/mol. The van der Waals surface area contributed by atoms with Crippen LogP contribution in [0.1, 0.15) is 11.1 Å². The number of hydrogen-bond acceptors (Lipinski definition) is 4. The highest BCUT2D eigenvalue weighted by atomic mass is 19.1. The van der Waals surface area contributed by atoms with Crippen LogP contribution in [0.3, 0.4) is 0 Å². The summed E-state index contributed by atoms with van der Waals surface area (Å²) in [4.78, 5) is 14.1. The van der Waals surface area contributed by atoms with Crippen molar-refractivity contribution in [1.29, 1.82) is 0 Å². The number of carbonyl (C=O) groups excluding carboxylic acids is 1. The van der Waals surface area contributed by atoms with E-state index in [2.05, 4.69) is 6.07 Å². The third-order valence-corrected chi connectivity index (χ3v) is 4.29. The molecule has 1 aliphatic rings. The number of esters is 1. The number of methoxy groups -OCH3 is 1. The number of para-hydroxylation sites is 1. The van der Waals surface area contributed by atoms with Crippen molar-refractivity contribution in [1.82, 2.24) is 4.90 Å². The number of nitrogens with zero attached hydrogens (tertiary/aromatic N) is 1. The first-order valence-electron chi connectivity index (χ1n) is 7.95. The molecule has 24 heavy (non-hydrogen) atoms. The highest BCUT2D eigenvalue weighted by Crippen LogP contribution is 2.24. The van der Waals surface area contributed by atoms with Crippen LogP contribution in [-0.2, 0) is 22.5 Å². The van der Waals surface area contributed by atoms with E-state index in [4.69, 9.17) is 9.47 Å². The van der Waals surface area contributed by atoms with Crippen molar-refractivity contribution in [2.75, 3.05) is 20.3 Å². The molecule has 1 heterocycles. The summed E-state index contributed by atoms with van der Waals surface area (Å²) >= 11 is 0. The Morgan fingerprint density at radius 1 is 1.17 bits per heavy atom. The molecule has 126 valence electrons. The quantitative estimate of drug-likeness (QED) is 0.791. The zero-order chi connectivity index (χ0) is 16.9. The number of benzene rings is 2. The number of carbonyl (C=O) groups is 1. The van der Waals surface area contributed by atoms with Gasteiger partial charge in [-0.2, -0.15) is 0 Å². The first-order chi connectivity index (χ1) is 11.7. The number of hydrogen-bond donors (Lipinski definition) is 0. The Bertz CT molecular complexity index is 719. The highest BCUT2D eigenvalue weighted by Gasteiger charge is 2.31. The lowest BCUT2D eigenvalue weighted by atomic mass is 9.94. The first-order valence-corrected chi connectivity index (χ1v) is 7.95. The molecule has 0 radical (unpaired) electrons. The number of fused-ring (bicyclic) bond motifs is 1. The Labute approximate surface area is 140 Å². The summed E-state index contributed by atoms with van der Waals surface area (Å²) in [5, 5.41) is 0. The van der Waals surface area contributed by atoms with Crippen LogP contribution in [0.4, 0.5) is 4.39 Å². The van der Waals surface area contributed by atoms with E-state index >= 15 is 0 Å². The molecular formula is C19H20FNO3. The zero-order valence-electron chi connectivity index (χ0n) is 13.6. The average Bonchev–Trinajstić information content (AvgIpc) is 2.62. The van der Waals surface area contributed by atoms with Gasteiger partial charge in [-0.05, 0) is 29.7 Å². The van der Waals surface area contributed by atoms with Gasteiger partial charge < -0.3 is 9.47 Å². The van der Waals surface area contributed by atoms with Crippen LogP contribution in [0.5, 0.6) is 5.75 Å². The highest BCUT2D eigenvalue weighted by molar-refractivity contribution is 5.76. The van der Waals surface area contributed by atoms with E-state index in [9.17, 15) is 9.18 Å². The van der Waals surface area contributed by atoms with E-state index in [1.54, 1.807) is 18.2 Å². The summed E-state index contributed by atoms with van der Waals surface area (Å²) in [6, 6.07) is 14.0. The van der Waals surface area contributed by atoms with Gasteiger partial charge in [0.2, 0.25) is 0 Å². The van der Waals surface area contributed by atoms with Crippen LogP contribution in [-0.4, -0.2) is 37.2 Å². The minimum absolute atomic E-state index is 0.226. The summed E-state index contributed by atoms with van der Waals surface area (Å²) < 4.78 is 24.1. The molecule has 0 bridgehead atoms. The van der Waals surface area contributed by atoms with E-state index in [0.29, 0.717) is 26.1 Å². The first kappa shape index (κ1) is 16.5. The Morgan fingerprint density at radius 2 is 1.88 bits per heavy atom. The Kier molecular flexibility index (Phi) is 5.11. The molecule has 0 aliphatic carbocycles. The van der Waals surface area contributed by atoms with Crippen LogP contribution >= 0.6 is 0 Å². The fraction of sp³-hybridized carbons (Fsp3) is 0.316. The van der Waals surface area contributed by atoms with E-state index in [-0.39, 0.29) is 23.6 Å². The molecule has 0 amide bonds. The molecule has 5 heteroatoms. The van der Waals surface area contributed by atoms with Crippen LogP contribution in [0.2, 0.25) is 0 Å². The standard InChI is InChI=1S/C19H20FNO3/c1-23-19(22)17-12-14-6-2-3-7-15(14)13-21(17)10-11-24-18-9-5-4-8-16(18)20/h2-9,17H,10-13H2,1H3. The molecular weight excluding hydrogens is 309 g/mol. The van der Waals surface area contributed by atoms with Crippen LogP contribution in [0.15, 0.2) is 48.5 Å². The molecule has 0 saturated carbocycles. The lowest BCUT2D eigenvalue weighted by molar-refractivity contribution is -0.147. The second-order valence-electron chi connectivity index (χ2n) is 5.76. The molecule has 0 aromatic heterocycles. The molecule has 0 saturated heterocycles. The maximum Gasteiger partial charge on any atom is 0.323 e. The Hall–Kier alpha value is -2.40. The van der Waals surface area contributed by atoms with Gasteiger partial charge in [0.05, 0.1) is 7.11 Å². The fourth-order valence-corrected chi connectivity index (χ4v) is 3.02. The van der Waals surface area contributed by atoms with E-state index in [1.165, 1.54) is 24.3 Å². The van der Waals surface area contributed by atoms with Crippen molar-refractivity contribution in [3.8, 4) is 5.75 Å². The molecule has 1 aliphatic heterocycles. The second-order valence-corrected chi connectivity index (χ2v) is 5.76. The van der Waals surface area contributed by atoms with Gasteiger partial charge in [-0.15, -0.1) is 0 Å². The summed E-state index contributed by atoms with van der Waals surface area (Å²) in [5.41, 5.74) is 2.36. The molecule has 2 aromatic rings. The molecule has 2 aromatic carbocycles. The second kappa shape index (κ2) is 7.45. The zero-order valence-corrected chi connectivity index (χ0v) is 13.6. The third-order valence-electron chi connectivity index (χ3n) is 4.29. The summed E-state index contributed by atoms with van der Waals surface area (Å²) in [5.74, 6) is -0.411. The topological polar surface area (TPSA) is 38.8 Å². The Morgan fingerprint density at radius 3 is 2.62 bits per heavy atom. The number of halogens is 1. The SMILES string of the molecule is COC(=O)C1Cc2ccccc2CN1CCOc1ccccc1F. The van der Waals surface area contributed by atoms with Crippen LogP contribution < -0.4 is 4.74 Å². The molecule has 3 rings (SSSR count). The summed E-state index contributed by atoms with van der Waals surface area (Å²) in [6.45, 7) is 1.47. The normalized spacial score (nSPS) is 17.2. The molecule has 0 spiro atoms. The summed E-state index contributed by atoms with van der Waals surface area (Å²) in [7, 11) is 1.40.